The van der Waals surface area contributed by atoms with Crippen LogP contribution in [0, 0.1) is 5.92 Å². The molecular formula is C10H19NO3. The fraction of sp³-hybridized carbons (Fsp3) is 0.900. The van der Waals surface area contributed by atoms with Crippen molar-refractivity contribution in [2.45, 2.75) is 32.3 Å². The van der Waals surface area contributed by atoms with Crippen molar-refractivity contribution in [2.24, 2.45) is 5.92 Å². The number of aliphatic hydroxyl groups is 1. The van der Waals surface area contributed by atoms with Gasteiger partial charge < -0.3 is 15.2 Å². The summed E-state index contributed by atoms with van der Waals surface area (Å²) in [5, 5.41) is 12.4. The zero-order chi connectivity index (χ0) is 10.6. The molecule has 4 nitrogen and oxygen atoms in total. The minimum atomic E-state index is -0.818. The van der Waals surface area contributed by atoms with Crippen LogP contribution in [-0.2, 0) is 9.53 Å². The lowest BCUT2D eigenvalue weighted by Gasteiger charge is -2.36. The first-order valence-electron chi connectivity index (χ1n) is 5.15. The monoisotopic (exact) mass is 201 g/mol. The fourth-order valence-corrected chi connectivity index (χ4v) is 1.43. The van der Waals surface area contributed by atoms with Gasteiger partial charge >= 0.3 is 0 Å². The maximum atomic E-state index is 11.5. The van der Waals surface area contributed by atoms with Gasteiger partial charge in [0.15, 0.2) is 0 Å². The van der Waals surface area contributed by atoms with Crippen molar-refractivity contribution in [1.82, 2.24) is 5.32 Å². The summed E-state index contributed by atoms with van der Waals surface area (Å²) in [6, 6.07) is 0. The van der Waals surface area contributed by atoms with Crippen LogP contribution >= 0.6 is 0 Å². The Morgan fingerprint density at radius 3 is 2.71 bits per heavy atom. The summed E-state index contributed by atoms with van der Waals surface area (Å²) < 4.78 is 4.88. The van der Waals surface area contributed by atoms with Gasteiger partial charge in [0.05, 0.1) is 19.8 Å². The highest BCUT2D eigenvalue weighted by molar-refractivity contribution is 5.78. The van der Waals surface area contributed by atoms with Crippen molar-refractivity contribution in [3.05, 3.63) is 0 Å². The molecule has 0 spiro atoms. The van der Waals surface area contributed by atoms with E-state index in [0.29, 0.717) is 19.8 Å². The van der Waals surface area contributed by atoms with Gasteiger partial charge in [0.25, 0.3) is 0 Å². The molecule has 0 aromatic heterocycles. The molecule has 0 bridgehead atoms. The highest BCUT2D eigenvalue weighted by Crippen LogP contribution is 2.15. The Morgan fingerprint density at radius 1 is 1.64 bits per heavy atom. The molecule has 0 aromatic carbocycles. The van der Waals surface area contributed by atoms with Crippen molar-refractivity contribution in [1.29, 1.82) is 0 Å². The maximum Gasteiger partial charge on any atom is 0.222 e. The summed E-state index contributed by atoms with van der Waals surface area (Å²) in [5.74, 6) is 0.0526. The Kier molecular flexibility index (Phi) is 3.89. The van der Waals surface area contributed by atoms with E-state index in [2.05, 4.69) is 12.2 Å². The molecule has 1 fully saturated rings. The number of nitrogens with one attached hydrogen (secondary N) is 1. The van der Waals surface area contributed by atoms with Gasteiger partial charge in [0.2, 0.25) is 5.91 Å². The molecule has 1 heterocycles. The summed E-state index contributed by atoms with van der Waals surface area (Å²) in [4.78, 5) is 11.5. The first kappa shape index (κ1) is 11.5. The lowest BCUT2D eigenvalue weighted by atomic mass is 10.0. The van der Waals surface area contributed by atoms with Crippen molar-refractivity contribution < 1.29 is 14.6 Å². The smallest absolute Gasteiger partial charge is 0.222 e. The standard InChI is InChI=1S/C10H19NO3/c1-3-4-8(2)9(12)11-5-10(13)6-14-7-10/h8,13H,3-7H2,1-2H3,(H,11,12). The van der Waals surface area contributed by atoms with E-state index in [9.17, 15) is 9.90 Å². The number of rotatable bonds is 5. The van der Waals surface area contributed by atoms with Crippen LogP contribution in [0.2, 0.25) is 0 Å². The van der Waals surface area contributed by atoms with E-state index >= 15 is 0 Å². The zero-order valence-electron chi connectivity index (χ0n) is 8.88. The average Bonchev–Trinajstić information content (AvgIpc) is 2.11. The highest BCUT2D eigenvalue weighted by Gasteiger charge is 2.36. The van der Waals surface area contributed by atoms with Crippen LogP contribution in [-0.4, -0.2) is 36.4 Å². The maximum absolute atomic E-state index is 11.5. The molecule has 0 saturated carbocycles. The van der Waals surface area contributed by atoms with Crippen LogP contribution in [0.4, 0.5) is 0 Å². The third-order valence-corrected chi connectivity index (χ3v) is 2.50. The van der Waals surface area contributed by atoms with Gasteiger partial charge in [-0.25, -0.2) is 0 Å². The summed E-state index contributed by atoms with van der Waals surface area (Å²) in [6.07, 6.45) is 1.89. The third kappa shape index (κ3) is 2.96. The number of amides is 1. The van der Waals surface area contributed by atoms with E-state index in [4.69, 9.17) is 4.74 Å². The van der Waals surface area contributed by atoms with Crippen molar-refractivity contribution in [3.8, 4) is 0 Å². The minimum Gasteiger partial charge on any atom is -0.383 e. The zero-order valence-corrected chi connectivity index (χ0v) is 8.88. The van der Waals surface area contributed by atoms with Crippen LogP contribution in [0.5, 0.6) is 0 Å². The molecule has 1 saturated heterocycles. The Balaban J connectivity index is 2.20. The van der Waals surface area contributed by atoms with Gasteiger partial charge in [-0.3, -0.25) is 4.79 Å². The molecule has 0 radical (unpaired) electrons. The van der Waals surface area contributed by atoms with Gasteiger partial charge in [-0.05, 0) is 6.42 Å². The molecule has 0 aliphatic carbocycles. The van der Waals surface area contributed by atoms with Gasteiger partial charge in [0, 0.05) is 5.92 Å². The van der Waals surface area contributed by atoms with Crippen LogP contribution in [0.1, 0.15) is 26.7 Å². The topological polar surface area (TPSA) is 58.6 Å². The number of carbonyl (C=O) groups is 1. The summed E-state index contributed by atoms with van der Waals surface area (Å²) in [6.45, 7) is 4.92. The van der Waals surface area contributed by atoms with E-state index in [1.807, 2.05) is 6.92 Å². The van der Waals surface area contributed by atoms with Gasteiger partial charge in [-0.2, -0.15) is 0 Å². The Morgan fingerprint density at radius 2 is 2.29 bits per heavy atom. The van der Waals surface area contributed by atoms with Gasteiger partial charge in [0.1, 0.15) is 5.60 Å². The highest BCUT2D eigenvalue weighted by atomic mass is 16.5. The third-order valence-electron chi connectivity index (χ3n) is 2.50. The number of ether oxygens (including phenoxy) is 1. The molecule has 1 amide bonds. The molecule has 2 N–H and O–H groups in total. The van der Waals surface area contributed by atoms with Crippen LogP contribution in [0.3, 0.4) is 0 Å². The van der Waals surface area contributed by atoms with E-state index < -0.39 is 5.60 Å². The fourth-order valence-electron chi connectivity index (χ4n) is 1.43. The van der Waals surface area contributed by atoms with E-state index in [1.54, 1.807) is 0 Å². The molecule has 4 heteroatoms. The van der Waals surface area contributed by atoms with E-state index in [1.165, 1.54) is 0 Å². The lowest BCUT2D eigenvalue weighted by Crippen LogP contribution is -2.57. The molecule has 14 heavy (non-hydrogen) atoms. The molecule has 1 aliphatic heterocycles. The van der Waals surface area contributed by atoms with Crippen molar-refractivity contribution in [2.75, 3.05) is 19.8 Å². The van der Waals surface area contributed by atoms with E-state index in [0.717, 1.165) is 12.8 Å². The first-order chi connectivity index (χ1) is 6.57. The molecule has 82 valence electrons. The largest absolute Gasteiger partial charge is 0.383 e. The van der Waals surface area contributed by atoms with Gasteiger partial charge in [-0.1, -0.05) is 20.3 Å². The molecule has 1 aliphatic rings. The Hall–Kier alpha value is -0.610. The van der Waals surface area contributed by atoms with Gasteiger partial charge in [-0.15, -0.1) is 0 Å². The van der Waals surface area contributed by atoms with E-state index in [-0.39, 0.29) is 11.8 Å². The number of carbonyl (C=O) groups excluding carboxylic acids is 1. The summed E-state index contributed by atoms with van der Waals surface area (Å²) >= 11 is 0. The summed E-state index contributed by atoms with van der Waals surface area (Å²) in [5.41, 5.74) is -0.818. The number of hydrogen-bond donors (Lipinski definition) is 2. The normalized spacial score (nSPS) is 21.1. The Labute approximate surface area is 84.6 Å². The second kappa shape index (κ2) is 4.75. The van der Waals surface area contributed by atoms with Crippen LogP contribution < -0.4 is 5.32 Å². The second-order valence-corrected chi connectivity index (χ2v) is 4.12. The summed E-state index contributed by atoms with van der Waals surface area (Å²) in [7, 11) is 0. The van der Waals surface area contributed by atoms with Crippen molar-refractivity contribution >= 4 is 5.91 Å². The molecule has 1 rings (SSSR count). The predicted molar refractivity (Wildman–Crippen MR) is 52.9 cm³/mol. The van der Waals surface area contributed by atoms with Crippen molar-refractivity contribution in [3.63, 3.8) is 0 Å². The first-order valence-corrected chi connectivity index (χ1v) is 5.15. The van der Waals surface area contributed by atoms with Crippen LogP contribution in [0.15, 0.2) is 0 Å². The minimum absolute atomic E-state index is 0.0205. The molecule has 1 unspecified atom stereocenters. The molecule has 0 aromatic rings. The predicted octanol–water partition coefficient (Wildman–Crippen LogP) is 0.300. The molecule has 1 atom stereocenters. The molecular weight excluding hydrogens is 182 g/mol. The number of hydrogen-bond acceptors (Lipinski definition) is 3. The SMILES string of the molecule is CCCC(C)C(=O)NCC1(O)COC1. The van der Waals surface area contributed by atoms with Crippen LogP contribution in [0.25, 0.3) is 0 Å². The second-order valence-electron chi connectivity index (χ2n) is 4.12. The Bertz CT molecular complexity index is 202. The quantitative estimate of drug-likeness (QED) is 0.672. The lowest BCUT2D eigenvalue weighted by molar-refractivity contribution is -0.176. The average molecular weight is 201 g/mol.